The Balaban J connectivity index is 1.73. The van der Waals surface area contributed by atoms with E-state index < -0.39 is 12.1 Å². The summed E-state index contributed by atoms with van der Waals surface area (Å²) in [6.45, 7) is 2.82. The minimum Gasteiger partial charge on any atom is -0.478 e. The highest BCUT2D eigenvalue weighted by Gasteiger charge is 2.31. The minimum atomic E-state index is -0.947. The van der Waals surface area contributed by atoms with Crippen LogP contribution in [0.1, 0.15) is 21.5 Å². The van der Waals surface area contributed by atoms with Crippen LogP contribution in [0.2, 0.25) is 0 Å². The fourth-order valence-corrected chi connectivity index (χ4v) is 2.61. The van der Waals surface area contributed by atoms with Gasteiger partial charge in [0.2, 0.25) is 0 Å². The molecule has 1 saturated heterocycles. The molecule has 0 aromatic heterocycles. The fraction of sp³-hybridized carbons (Fsp3) is 0.429. The first kappa shape index (κ1) is 13.1. The number of morpholine rings is 1. The van der Waals surface area contributed by atoms with Crippen LogP contribution in [0.5, 0.6) is 0 Å². The number of fused-ring (bicyclic) bond motifs is 1. The molecule has 0 aliphatic carbocycles. The summed E-state index contributed by atoms with van der Waals surface area (Å²) in [5.74, 6) is -0.984. The number of ether oxygens (including phenoxy) is 1. The number of benzene rings is 1. The molecule has 2 heterocycles. The van der Waals surface area contributed by atoms with E-state index in [1.54, 1.807) is 23.1 Å². The van der Waals surface area contributed by atoms with Crippen molar-refractivity contribution in [1.29, 1.82) is 0 Å². The van der Waals surface area contributed by atoms with Crippen molar-refractivity contribution in [2.45, 2.75) is 19.2 Å². The molecule has 2 aliphatic heterocycles. The van der Waals surface area contributed by atoms with Crippen molar-refractivity contribution in [3.05, 3.63) is 34.9 Å². The summed E-state index contributed by atoms with van der Waals surface area (Å²) in [6, 6.07) is 5.00. The molecular weight excluding hydrogens is 260 g/mol. The Bertz CT molecular complexity index is 552. The zero-order valence-electron chi connectivity index (χ0n) is 11.0. The number of carboxylic acids is 1. The molecule has 1 fully saturated rings. The molecule has 0 spiro atoms. The Labute approximate surface area is 116 Å². The fourth-order valence-electron chi connectivity index (χ4n) is 2.61. The van der Waals surface area contributed by atoms with Crippen molar-refractivity contribution in [3.8, 4) is 0 Å². The van der Waals surface area contributed by atoms with Gasteiger partial charge in [-0.2, -0.15) is 0 Å². The first-order valence-corrected chi connectivity index (χ1v) is 6.61. The first-order valence-electron chi connectivity index (χ1n) is 6.61. The van der Waals surface area contributed by atoms with E-state index in [4.69, 9.17) is 9.84 Å². The quantitative estimate of drug-likeness (QED) is 0.807. The maximum atomic E-state index is 12.3. The Morgan fingerprint density at radius 1 is 1.30 bits per heavy atom. The lowest BCUT2D eigenvalue weighted by molar-refractivity contribution is -0.145. The Hall–Kier alpha value is -1.92. The summed E-state index contributed by atoms with van der Waals surface area (Å²) < 4.78 is 5.47. The van der Waals surface area contributed by atoms with Crippen molar-refractivity contribution >= 4 is 11.9 Å². The molecule has 2 aliphatic rings. The third kappa shape index (κ3) is 2.39. The van der Waals surface area contributed by atoms with E-state index in [0.29, 0.717) is 26.2 Å². The van der Waals surface area contributed by atoms with Gasteiger partial charge in [-0.25, -0.2) is 4.79 Å². The zero-order valence-corrected chi connectivity index (χ0v) is 11.0. The smallest absolute Gasteiger partial charge is 0.335 e. The van der Waals surface area contributed by atoms with Crippen molar-refractivity contribution in [2.24, 2.45) is 0 Å². The predicted molar refractivity (Wildman–Crippen MR) is 70.3 cm³/mol. The van der Waals surface area contributed by atoms with Crippen molar-refractivity contribution in [3.63, 3.8) is 0 Å². The van der Waals surface area contributed by atoms with Crippen molar-refractivity contribution in [1.82, 2.24) is 10.2 Å². The SMILES string of the molecule is O=C(O)c1ccc2c(c1)CN(C(=O)C1CNCCO1)C2. The number of rotatable bonds is 2. The van der Waals surface area contributed by atoms with Gasteiger partial charge in [-0.1, -0.05) is 6.07 Å². The van der Waals surface area contributed by atoms with Crippen LogP contribution >= 0.6 is 0 Å². The van der Waals surface area contributed by atoms with E-state index >= 15 is 0 Å². The molecule has 106 valence electrons. The molecule has 6 heteroatoms. The van der Waals surface area contributed by atoms with Gasteiger partial charge in [-0.3, -0.25) is 4.79 Å². The van der Waals surface area contributed by atoms with Crippen LogP contribution < -0.4 is 5.32 Å². The van der Waals surface area contributed by atoms with Gasteiger partial charge in [0.1, 0.15) is 6.10 Å². The van der Waals surface area contributed by atoms with Gasteiger partial charge in [0, 0.05) is 26.2 Å². The number of carbonyl (C=O) groups excluding carboxylic acids is 1. The number of nitrogens with zero attached hydrogens (tertiary/aromatic N) is 1. The van der Waals surface area contributed by atoms with Crippen LogP contribution in [0.25, 0.3) is 0 Å². The predicted octanol–water partition coefficient (Wildman–Crippen LogP) is 0.215. The van der Waals surface area contributed by atoms with E-state index in [0.717, 1.165) is 17.7 Å². The molecule has 1 aromatic rings. The van der Waals surface area contributed by atoms with Gasteiger partial charge in [-0.15, -0.1) is 0 Å². The number of nitrogens with one attached hydrogen (secondary N) is 1. The molecule has 6 nitrogen and oxygen atoms in total. The van der Waals surface area contributed by atoms with Crippen LogP contribution in [0, 0.1) is 0 Å². The lowest BCUT2D eigenvalue weighted by Gasteiger charge is -2.26. The summed E-state index contributed by atoms with van der Waals surface area (Å²) in [6.07, 6.45) is -0.433. The van der Waals surface area contributed by atoms with Crippen LogP contribution in [0.4, 0.5) is 0 Å². The van der Waals surface area contributed by atoms with E-state index in [1.165, 1.54) is 0 Å². The van der Waals surface area contributed by atoms with Gasteiger partial charge >= 0.3 is 5.97 Å². The second-order valence-electron chi connectivity index (χ2n) is 5.05. The van der Waals surface area contributed by atoms with E-state index in [1.807, 2.05) is 0 Å². The highest BCUT2D eigenvalue weighted by Crippen LogP contribution is 2.25. The Morgan fingerprint density at radius 3 is 2.80 bits per heavy atom. The standard InChI is InChI=1S/C14H16N2O4/c17-13(12-6-15-3-4-20-12)16-7-10-2-1-9(14(18)19)5-11(10)8-16/h1-2,5,12,15H,3-4,6-8H2,(H,18,19). The largest absolute Gasteiger partial charge is 0.478 e. The second-order valence-corrected chi connectivity index (χ2v) is 5.05. The summed E-state index contributed by atoms with van der Waals surface area (Å²) in [4.78, 5) is 25.0. The summed E-state index contributed by atoms with van der Waals surface area (Å²) in [5, 5.41) is 12.1. The highest BCUT2D eigenvalue weighted by molar-refractivity contribution is 5.88. The monoisotopic (exact) mass is 276 g/mol. The molecular formula is C14H16N2O4. The average molecular weight is 276 g/mol. The summed E-state index contributed by atoms with van der Waals surface area (Å²) in [5.41, 5.74) is 2.17. The molecule has 1 unspecified atom stereocenters. The van der Waals surface area contributed by atoms with E-state index in [-0.39, 0.29) is 11.5 Å². The number of hydrogen-bond acceptors (Lipinski definition) is 4. The topological polar surface area (TPSA) is 78.9 Å². The molecule has 2 N–H and O–H groups in total. The maximum Gasteiger partial charge on any atom is 0.335 e. The van der Waals surface area contributed by atoms with Gasteiger partial charge in [0.25, 0.3) is 5.91 Å². The van der Waals surface area contributed by atoms with Gasteiger partial charge in [0.05, 0.1) is 12.2 Å². The molecule has 3 rings (SSSR count). The van der Waals surface area contributed by atoms with Crippen LogP contribution in [0.15, 0.2) is 18.2 Å². The third-order valence-corrected chi connectivity index (χ3v) is 3.69. The lowest BCUT2D eigenvalue weighted by Crippen LogP contribution is -2.48. The number of hydrogen-bond donors (Lipinski definition) is 2. The third-order valence-electron chi connectivity index (χ3n) is 3.69. The molecule has 0 bridgehead atoms. The zero-order chi connectivity index (χ0) is 14.1. The number of amides is 1. The Kier molecular flexibility index (Phi) is 3.42. The second kappa shape index (κ2) is 5.22. The molecule has 1 atom stereocenters. The van der Waals surface area contributed by atoms with Crippen molar-refractivity contribution < 1.29 is 19.4 Å². The maximum absolute atomic E-state index is 12.3. The molecule has 20 heavy (non-hydrogen) atoms. The highest BCUT2D eigenvalue weighted by atomic mass is 16.5. The van der Waals surface area contributed by atoms with Gasteiger partial charge < -0.3 is 20.1 Å². The van der Waals surface area contributed by atoms with Crippen LogP contribution in [-0.2, 0) is 22.6 Å². The van der Waals surface area contributed by atoms with Crippen molar-refractivity contribution in [2.75, 3.05) is 19.7 Å². The van der Waals surface area contributed by atoms with Gasteiger partial charge in [0.15, 0.2) is 0 Å². The normalized spacial score (nSPS) is 21.6. The van der Waals surface area contributed by atoms with Gasteiger partial charge in [-0.05, 0) is 23.3 Å². The van der Waals surface area contributed by atoms with Crippen LogP contribution in [0.3, 0.4) is 0 Å². The molecule has 1 aromatic carbocycles. The Morgan fingerprint density at radius 2 is 2.10 bits per heavy atom. The lowest BCUT2D eigenvalue weighted by atomic mass is 10.1. The average Bonchev–Trinajstić information content (AvgIpc) is 2.90. The summed E-state index contributed by atoms with van der Waals surface area (Å²) >= 11 is 0. The minimum absolute atomic E-state index is 0.0368. The number of carbonyl (C=O) groups is 2. The van der Waals surface area contributed by atoms with Crippen LogP contribution in [-0.4, -0.2) is 47.7 Å². The number of carboxylic acid groups (broad SMARTS) is 1. The van der Waals surface area contributed by atoms with E-state index in [9.17, 15) is 9.59 Å². The van der Waals surface area contributed by atoms with E-state index in [2.05, 4.69) is 5.32 Å². The number of aromatic carboxylic acids is 1. The molecule has 1 amide bonds. The molecule has 0 saturated carbocycles. The first-order chi connectivity index (χ1) is 9.65. The molecule has 0 radical (unpaired) electrons. The summed E-state index contributed by atoms with van der Waals surface area (Å²) in [7, 11) is 0.